The lowest BCUT2D eigenvalue weighted by molar-refractivity contribution is 0.185. The molecule has 0 heterocycles. The van der Waals surface area contributed by atoms with Crippen LogP contribution in [0, 0.1) is 0 Å². The van der Waals surface area contributed by atoms with E-state index < -0.39 is 0 Å². The van der Waals surface area contributed by atoms with E-state index >= 15 is 0 Å². The second kappa shape index (κ2) is 7.58. The van der Waals surface area contributed by atoms with Crippen LogP contribution < -0.4 is 11.1 Å². The van der Waals surface area contributed by atoms with Gasteiger partial charge in [0.1, 0.15) is 0 Å². The second-order valence-electron chi connectivity index (χ2n) is 4.37. The molecule has 0 amide bonds. The number of aliphatic imine (C=N–C) groups is 1. The van der Waals surface area contributed by atoms with E-state index in [-0.39, 0.29) is 24.0 Å². The molecule has 0 unspecified atom stereocenters. The van der Waals surface area contributed by atoms with Crippen molar-refractivity contribution in [1.29, 1.82) is 0 Å². The third-order valence-electron chi connectivity index (χ3n) is 2.66. The molecule has 1 aromatic carbocycles. The summed E-state index contributed by atoms with van der Waals surface area (Å²) in [5, 5.41) is 3.17. The van der Waals surface area contributed by atoms with Crippen LogP contribution >= 0.6 is 24.0 Å². The first-order valence-corrected chi connectivity index (χ1v) is 5.91. The predicted molar refractivity (Wildman–Crippen MR) is 84.1 cm³/mol. The van der Waals surface area contributed by atoms with Crippen LogP contribution in [0.15, 0.2) is 29.3 Å². The first kappa shape index (κ1) is 15.2. The molecule has 4 nitrogen and oxygen atoms in total. The van der Waals surface area contributed by atoms with Crippen LogP contribution in [0.4, 0.5) is 0 Å². The van der Waals surface area contributed by atoms with E-state index in [1.54, 1.807) is 7.11 Å². The van der Waals surface area contributed by atoms with Crippen molar-refractivity contribution in [1.82, 2.24) is 5.32 Å². The number of halogens is 1. The Labute approximate surface area is 125 Å². The van der Waals surface area contributed by atoms with Gasteiger partial charge in [0.05, 0.1) is 13.2 Å². The number of guanidine groups is 1. The predicted octanol–water partition coefficient (Wildman–Crippen LogP) is 2.02. The largest absolute Gasteiger partial charge is 0.380 e. The average Bonchev–Trinajstić information content (AvgIpc) is 3.11. The highest BCUT2D eigenvalue weighted by Crippen LogP contribution is 2.18. The zero-order chi connectivity index (χ0) is 12.1. The van der Waals surface area contributed by atoms with Crippen molar-refractivity contribution in [2.75, 3.05) is 7.11 Å². The minimum atomic E-state index is 0. The highest BCUT2D eigenvalue weighted by molar-refractivity contribution is 14.0. The van der Waals surface area contributed by atoms with Crippen molar-refractivity contribution >= 4 is 29.9 Å². The number of nitrogens with one attached hydrogen (secondary N) is 1. The summed E-state index contributed by atoms with van der Waals surface area (Å²) in [6.45, 7) is 1.25. The number of methoxy groups -OCH3 is 1. The zero-order valence-corrected chi connectivity index (χ0v) is 12.9. The van der Waals surface area contributed by atoms with Gasteiger partial charge in [0.25, 0.3) is 0 Å². The summed E-state index contributed by atoms with van der Waals surface area (Å²) in [5.74, 6) is 0.546. The zero-order valence-electron chi connectivity index (χ0n) is 10.6. The van der Waals surface area contributed by atoms with Gasteiger partial charge in [-0.05, 0) is 24.0 Å². The van der Waals surface area contributed by atoms with Crippen LogP contribution in [0.3, 0.4) is 0 Å². The van der Waals surface area contributed by atoms with Crippen molar-refractivity contribution < 1.29 is 4.74 Å². The van der Waals surface area contributed by atoms with Gasteiger partial charge in [0.15, 0.2) is 5.96 Å². The van der Waals surface area contributed by atoms with Gasteiger partial charge in [-0.15, -0.1) is 24.0 Å². The normalized spacial score (nSPS) is 15.1. The highest BCUT2D eigenvalue weighted by Gasteiger charge is 2.21. The molecule has 1 fully saturated rings. The van der Waals surface area contributed by atoms with Gasteiger partial charge in [-0.2, -0.15) is 0 Å². The van der Waals surface area contributed by atoms with Gasteiger partial charge in [-0.1, -0.05) is 24.3 Å². The van der Waals surface area contributed by atoms with Crippen molar-refractivity contribution in [3.05, 3.63) is 35.4 Å². The minimum absolute atomic E-state index is 0. The summed E-state index contributed by atoms with van der Waals surface area (Å²) in [6.07, 6.45) is 2.42. The number of hydrogen-bond acceptors (Lipinski definition) is 2. The fourth-order valence-corrected chi connectivity index (χ4v) is 1.64. The molecule has 18 heavy (non-hydrogen) atoms. The second-order valence-corrected chi connectivity index (χ2v) is 4.37. The van der Waals surface area contributed by atoms with Gasteiger partial charge in [0, 0.05) is 13.2 Å². The van der Waals surface area contributed by atoms with Crippen LogP contribution in [0.5, 0.6) is 0 Å². The average molecular weight is 361 g/mol. The summed E-state index contributed by atoms with van der Waals surface area (Å²) in [4.78, 5) is 4.32. The number of hydrogen-bond donors (Lipinski definition) is 2. The molecule has 1 saturated carbocycles. The molecular weight excluding hydrogens is 341 g/mol. The molecule has 0 aliphatic heterocycles. The molecule has 100 valence electrons. The molecule has 1 aliphatic rings. The molecule has 0 atom stereocenters. The first-order valence-electron chi connectivity index (χ1n) is 5.91. The van der Waals surface area contributed by atoms with Crippen LogP contribution in [-0.2, 0) is 17.9 Å². The van der Waals surface area contributed by atoms with E-state index in [0.717, 1.165) is 11.1 Å². The third-order valence-corrected chi connectivity index (χ3v) is 2.66. The van der Waals surface area contributed by atoms with Crippen molar-refractivity contribution in [2.24, 2.45) is 10.7 Å². The van der Waals surface area contributed by atoms with Crippen molar-refractivity contribution in [3.63, 3.8) is 0 Å². The van der Waals surface area contributed by atoms with Gasteiger partial charge in [-0.25, -0.2) is 4.99 Å². The fraction of sp³-hybridized carbons (Fsp3) is 0.462. The van der Waals surface area contributed by atoms with Gasteiger partial charge in [0.2, 0.25) is 0 Å². The Bertz CT molecular complexity index is 405. The monoisotopic (exact) mass is 361 g/mol. The van der Waals surface area contributed by atoms with Crippen LogP contribution in [0.2, 0.25) is 0 Å². The summed E-state index contributed by atoms with van der Waals surface area (Å²) in [6, 6.07) is 8.76. The number of nitrogens with zero attached hydrogens (tertiary/aromatic N) is 1. The Kier molecular flexibility index (Phi) is 6.42. The van der Waals surface area contributed by atoms with Crippen molar-refractivity contribution in [3.8, 4) is 0 Å². The van der Waals surface area contributed by atoms with Crippen LogP contribution in [0.25, 0.3) is 0 Å². The SMILES string of the molecule is COCc1cccc(CN=C(N)NC2CC2)c1.I. The lowest BCUT2D eigenvalue weighted by Gasteiger charge is -2.05. The minimum Gasteiger partial charge on any atom is -0.380 e. The summed E-state index contributed by atoms with van der Waals surface area (Å²) in [7, 11) is 1.70. The van der Waals surface area contributed by atoms with E-state index in [4.69, 9.17) is 10.5 Å². The number of ether oxygens (including phenoxy) is 1. The fourth-order valence-electron chi connectivity index (χ4n) is 1.64. The molecule has 1 aromatic rings. The number of rotatable bonds is 5. The molecule has 0 radical (unpaired) electrons. The maximum atomic E-state index is 5.77. The van der Waals surface area contributed by atoms with E-state index in [0.29, 0.717) is 25.2 Å². The molecule has 2 rings (SSSR count). The van der Waals surface area contributed by atoms with Crippen LogP contribution in [0.1, 0.15) is 24.0 Å². The maximum Gasteiger partial charge on any atom is 0.189 e. The molecule has 0 spiro atoms. The smallest absolute Gasteiger partial charge is 0.189 e. The highest BCUT2D eigenvalue weighted by atomic mass is 127. The lowest BCUT2D eigenvalue weighted by Crippen LogP contribution is -2.33. The molecule has 0 bridgehead atoms. The van der Waals surface area contributed by atoms with E-state index in [1.807, 2.05) is 18.2 Å². The first-order chi connectivity index (χ1) is 8.28. The summed E-state index contributed by atoms with van der Waals surface area (Å²) >= 11 is 0. The third kappa shape index (κ3) is 5.22. The van der Waals surface area contributed by atoms with E-state index in [9.17, 15) is 0 Å². The van der Waals surface area contributed by atoms with Gasteiger partial charge < -0.3 is 15.8 Å². The Morgan fingerprint density at radius 1 is 1.44 bits per heavy atom. The van der Waals surface area contributed by atoms with Gasteiger partial charge in [-0.3, -0.25) is 0 Å². The topological polar surface area (TPSA) is 59.6 Å². The molecule has 1 aliphatic carbocycles. The molecule has 3 N–H and O–H groups in total. The molecule has 0 saturated heterocycles. The number of nitrogens with two attached hydrogens (primary N) is 1. The summed E-state index contributed by atoms with van der Waals surface area (Å²) < 4.78 is 5.10. The van der Waals surface area contributed by atoms with E-state index in [2.05, 4.69) is 16.4 Å². The van der Waals surface area contributed by atoms with E-state index in [1.165, 1.54) is 12.8 Å². The molecule has 5 heteroatoms. The Morgan fingerprint density at radius 3 is 2.83 bits per heavy atom. The molecular formula is C13H20IN3O. The Balaban J connectivity index is 0.00000162. The van der Waals surface area contributed by atoms with Crippen molar-refractivity contribution in [2.45, 2.75) is 32.0 Å². The van der Waals surface area contributed by atoms with Crippen LogP contribution in [-0.4, -0.2) is 19.1 Å². The lowest BCUT2D eigenvalue weighted by atomic mass is 10.1. The standard InChI is InChI=1S/C13H19N3O.HI/c1-17-9-11-4-2-3-10(7-11)8-15-13(14)16-12-5-6-12;/h2-4,7,12H,5-6,8-9H2,1H3,(H3,14,15,16);1H. The summed E-state index contributed by atoms with van der Waals surface area (Å²) in [5.41, 5.74) is 8.09. The number of benzene rings is 1. The molecule has 0 aromatic heterocycles. The van der Waals surface area contributed by atoms with Gasteiger partial charge >= 0.3 is 0 Å². The Morgan fingerprint density at radius 2 is 2.17 bits per heavy atom. The Hall–Kier alpha value is -0.820. The quantitative estimate of drug-likeness (QED) is 0.479. The maximum absolute atomic E-state index is 5.77.